The average Bonchev–Trinajstić information content (AvgIpc) is 2.70. The Labute approximate surface area is 184 Å². The van der Waals surface area contributed by atoms with Crippen LogP contribution >= 0.6 is 0 Å². The van der Waals surface area contributed by atoms with Gasteiger partial charge < -0.3 is 38.3 Å². The number of amides is 3. The third-order valence-corrected chi connectivity index (χ3v) is 4.86. The molecule has 0 aromatic heterocycles. The molecule has 10 N–H and O–H groups in total. The number of hydrogen-bond acceptors (Lipinski definition) is 7. The van der Waals surface area contributed by atoms with E-state index in [4.69, 9.17) is 22.3 Å². The Morgan fingerprint density at radius 1 is 0.774 bits per heavy atom. The number of nitrogens with one attached hydrogen (secondary N) is 3. The van der Waals surface area contributed by atoms with E-state index >= 15 is 0 Å². The number of rotatable bonds is 16. The molecule has 11 heteroatoms. The van der Waals surface area contributed by atoms with Crippen molar-refractivity contribution >= 4 is 23.7 Å². The molecular weight excluding hydrogens is 404 g/mol. The fraction of sp³-hybridized carbons (Fsp3) is 0.800. The van der Waals surface area contributed by atoms with E-state index in [2.05, 4.69) is 16.0 Å². The summed E-state index contributed by atoms with van der Waals surface area (Å²) in [6.45, 7) is 5.75. The summed E-state index contributed by atoms with van der Waals surface area (Å²) < 4.78 is 0. The minimum Gasteiger partial charge on any atom is -0.480 e. The molecule has 31 heavy (non-hydrogen) atoms. The largest absolute Gasteiger partial charge is 0.480 e. The lowest BCUT2D eigenvalue weighted by molar-refractivity contribution is -0.142. The van der Waals surface area contributed by atoms with Crippen molar-refractivity contribution in [3.63, 3.8) is 0 Å². The number of carboxylic acid groups (broad SMARTS) is 1. The van der Waals surface area contributed by atoms with Crippen molar-refractivity contribution in [3.8, 4) is 0 Å². The van der Waals surface area contributed by atoms with Gasteiger partial charge in [0.25, 0.3) is 0 Å². The Morgan fingerprint density at radius 2 is 1.32 bits per heavy atom. The molecule has 0 saturated heterocycles. The third-order valence-electron chi connectivity index (χ3n) is 4.86. The van der Waals surface area contributed by atoms with Gasteiger partial charge in [0.05, 0.1) is 6.04 Å². The molecule has 0 heterocycles. The summed E-state index contributed by atoms with van der Waals surface area (Å²) in [5.41, 5.74) is 16.9. The van der Waals surface area contributed by atoms with Gasteiger partial charge in [-0.3, -0.25) is 19.2 Å². The molecule has 0 aliphatic heterocycles. The minimum atomic E-state index is -1.18. The van der Waals surface area contributed by atoms with Gasteiger partial charge in [-0.25, -0.2) is 0 Å². The maximum atomic E-state index is 12.9. The van der Waals surface area contributed by atoms with Crippen molar-refractivity contribution in [3.05, 3.63) is 0 Å². The van der Waals surface area contributed by atoms with Gasteiger partial charge in [-0.1, -0.05) is 20.3 Å². The van der Waals surface area contributed by atoms with Gasteiger partial charge in [-0.2, -0.15) is 0 Å². The van der Waals surface area contributed by atoms with Crippen LogP contribution in [-0.4, -0.2) is 66.1 Å². The summed E-state index contributed by atoms with van der Waals surface area (Å²) in [6, 6.07) is -3.71. The zero-order chi connectivity index (χ0) is 24.0. The van der Waals surface area contributed by atoms with Gasteiger partial charge in [-0.05, 0) is 58.0 Å². The van der Waals surface area contributed by atoms with Crippen LogP contribution in [0.25, 0.3) is 0 Å². The average molecular weight is 445 g/mol. The number of unbranched alkanes of at least 4 members (excludes halogenated alkanes) is 2. The smallest absolute Gasteiger partial charge is 0.325 e. The summed E-state index contributed by atoms with van der Waals surface area (Å²) in [4.78, 5) is 48.8. The van der Waals surface area contributed by atoms with Crippen molar-refractivity contribution in [1.82, 2.24) is 16.0 Å². The van der Waals surface area contributed by atoms with Crippen molar-refractivity contribution in [2.45, 2.75) is 83.5 Å². The molecule has 4 atom stereocenters. The lowest BCUT2D eigenvalue weighted by Crippen LogP contribution is -2.58. The van der Waals surface area contributed by atoms with E-state index < -0.39 is 47.9 Å². The van der Waals surface area contributed by atoms with Crippen LogP contribution in [0.15, 0.2) is 0 Å². The molecule has 0 bridgehead atoms. The fourth-order valence-electron chi connectivity index (χ4n) is 2.83. The van der Waals surface area contributed by atoms with Gasteiger partial charge >= 0.3 is 5.97 Å². The molecule has 0 saturated carbocycles. The van der Waals surface area contributed by atoms with Crippen molar-refractivity contribution in [1.29, 1.82) is 0 Å². The Bertz CT molecular complexity index is 586. The Kier molecular flexibility index (Phi) is 14.4. The SMILES string of the molecule is CC(C)[C@H](NC(=O)[C@H](CCCCN)NC(=O)[C@@H](N)CCCCN)C(=O)N[C@@H](C)C(=O)O. The molecule has 11 nitrogen and oxygen atoms in total. The van der Waals surface area contributed by atoms with E-state index in [1.165, 1.54) is 6.92 Å². The fourth-order valence-corrected chi connectivity index (χ4v) is 2.83. The van der Waals surface area contributed by atoms with Crippen molar-refractivity contribution in [2.75, 3.05) is 13.1 Å². The summed E-state index contributed by atoms with van der Waals surface area (Å²) >= 11 is 0. The van der Waals surface area contributed by atoms with E-state index in [-0.39, 0.29) is 5.92 Å². The van der Waals surface area contributed by atoms with Crippen LogP contribution in [0.3, 0.4) is 0 Å². The molecule has 0 aliphatic rings. The van der Waals surface area contributed by atoms with Gasteiger partial charge in [0.1, 0.15) is 18.1 Å². The van der Waals surface area contributed by atoms with Gasteiger partial charge in [0.15, 0.2) is 0 Å². The van der Waals surface area contributed by atoms with Crippen LogP contribution in [-0.2, 0) is 19.2 Å². The molecule has 0 aromatic rings. The second-order valence-corrected chi connectivity index (χ2v) is 8.04. The zero-order valence-electron chi connectivity index (χ0n) is 18.9. The first-order valence-corrected chi connectivity index (χ1v) is 10.8. The molecule has 0 aliphatic carbocycles. The highest BCUT2D eigenvalue weighted by Gasteiger charge is 2.30. The predicted octanol–water partition coefficient (Wildman–Crippen LogP) is -1.21. The van der Waals surface area contributed by atoms with Gasteiger partial charge in [-0.15, -0.1) is 0 Å². The number of hydrogen-bond donors (Lipinski definition) is 7. The number of carbonyl (C=O) groups is 4. The molecule has 0 rings (SSSR count). The molecule has 180 valence electrons. The van der Waals surface area contributed by atoms with E-state index in [1.54, 1.807) is 13.8 Å². The molecule has 0 radical (unpaired) electrons. The summed E-state index contributed by atoms with van der Waals surface area (Å²) in [6.07, 6.45) is 3.51. The standard InChI is InChI=1S/C20H40N6O5/c1-12(2)16(19(29)24-13(3)20(30)31)26-18(28)15(9-5-7-11-22)25-17(27)14(23)8-4-6-10-21/h12-16H,4-11,21-23H2,1-3H3,(H,24,29)(H,25,27)(H,26,28)(H,30,31)/t13-,14-,15-,16-/m0/s1. The van der Waals surface area contributed by atoms with E-state index in [9.17, 15) is 19.2 Å². The Balaban J connectivity index is 5.19. The summed E-state index contributed by atoms with van der Waals surface area (Å²) in [7, 11) is 0. The predicted molar refractivity (Wildman–Crippen MR) is 118 cm³/mol. The Morgan fingerprint density at radius 3 is 1.81 bits per heavy atom. The quantitative estimate of drug-likeness (QED) is 0.143. The first-order chi connectivity index (χ1) is 14.5. The van der Waals surface area contributed by atoms with Gasteiger partial charge in [0, 0.05) is 0 Å². The molecular formula is C20H40N6O5. The number of nitrogens with two attached hydrogens (primary N) is 3. The Hall–Kier alpha value is -2.24. The summed E-state index contributed by atoms with van der Waals surface area (Å²) in [5.74, 6) is -3.07. The van der Waals surface area contributed by atoms with Crippen LogP contribution in [0, 0.1) is 5.92 Å². The normalized spacial score (nSPS) is 14.9. The monoisotopic (exact) mass is 444 g/mol. The first kappa shape index (κ1) is 28.8. The molecule has 0 unspecified atom stereocenters. The third kappa shape index (κ3) is 11.7. The second kappa shape index (κ2) is 15.5. The topological polar surface area (TPSA) is 203 Å². The lowest BCUT2D eigenvalue weighted by atomic mass is 10.0. The molecule has 0 fully saturated rings. The molecule has 0 spiro atoms. The van der Waals surface area contributed by atoms with Crippen LogP contribution in [0.2, 0.25) is 0 Å². The first-order valence-electron chi connectivity index (χ1n) is 10.8. The van der Waals surface area contributed by atoms with Crippen LogP contribution in [0.1, 0.15) is 59.3 Å². The maximum absolute atomic E-state index is 12.9. The minimum absolute atomic E-state index is 0.302. The summed E-state index contributed by atoms with van der Waals surface area (Å²) in [5, 5.41) is 16.7. The maximum Gasteiger partial charge on any atom is 0.325 e. The van der Waals surface area contributed by atoms with Crippen LogP contribution in [0.4, 0.5) is 0 Å². The van der Waals surface area contributed by atoms with E-state index in [0.717, 1.165) is 6.42 Å². The highest BCUT2D eigenvalue weighted by Crippen LogP contribution is 2.07. The van der Waals surface area contributed by atoms with E-state index in [0.29, 0.717) is 45.2 Å². The molecule has 3 amide bonds. The zero-order valence-corrected chi connectivity index (χ0v) is 18.9. The van der Waals surface area contributed by atoms with Gasteiger partial charge in [0.2, 0.25) is 17.7 Å². The van der Waals surface area contributed by atoms with Crippen molar-refractivity contribution in [2.24, 2.45) is 23.1 Å². The van der Waals surface area contributed by atoms with Crippen LogP contribution in [0.5, 0.6) is 0 Å². The second-order valence-electron chi connectivity index (χ2n) is 8.04. The van der Waals surface area contributed by atoms with E-state index in [1.807, 2.05) is 0 Å². The molecule has 0 aromatic carbocycles. The van der Waals surface area contributed by atoms with Crippen LogP contribution < -0.4 is 33.2 Å². The number of aliphatic carboxylic acids is 1. The number of carboxylic acids is 1. The number of carbonyl (C=O) groups excluding carboxylic acids is 3. The van der Waals surface area contributed by atoms with Crippen molar-refractivity contribution < 1.29 is 24.3 Å². The lowest BCUT2D eigenvalue weighted by Gasteiger charge is -2.26. The highest BCUT2D eigenvalue weighted by atomic mass is 16.4. The highest BCUT2D eigenvalue weighted by molar-refractivity contribution is 5.94.